The fraction of sp³-hybridized carbons (Fsp3) is 0.692. The van der Waals surface area contributed by atoms with E-state index < -0.39 is 0 Å². The molecular formula is C13H21BrClNS. The predicted molar refractivity (Wildman–Crippen MR) is 81.8 cm³/mol. The van der Waals surface area contributed by atoms with E-state index in [-0.39, 0.29) is 6.04 Å². The van der Waals surface area contributed by atoms with Gasteiger partial charge in [0, 0.05) is 15.4 Å². The molecule has 4 heteroatoms. The summed E-state index contributed by atoms with van der Waals surface area (Å²) in [6.45, 7) is 9.09. The lowest BCUT2D eigenvalue weighted by Crippen LogP contribution is -2.17. The maximum atomic E-state index is 6.23. The number of halogens is 2. The Bertz CT molecular complexity index is 350. The lowest BCUT2D eigenvalue weighted by Gasteiger charge is -2.24. The van der Waals surface area contributed by atoms with Crippen molar-refractivity contribution in [3.8, 4) is 0 Å². The van der Waals surface area contributed by atoms with E-state index in [1.807, 2.05) is 6.07 Å². The Labute approximate surface area is 122 Å². The van der Waals surface area contributed by atoms with Crippen LogP contribution in [0.3, 0.4) is 0 Å². The standard InChI is InChI=1S/C13H21BrClNS/c1-8(7-13(2,3)4)5-10(16)11-6-9(14)12(15)17-11/h6,8,10H,5,7,16H2,1-4H3. The maximum absolute atomic E-state index is 6.23. The molecule has 0 amide bonds. The van der Waals surface area contributed by atoms with Crippen molar-refractivity contribution in [2.24, 2.45) is 17.1 Å². The number of thiophene rings is 1. The van der Waals surface area contributed by atoms with Crippen molar-refractivity contribution in [2.75, 3.05) is 0 Å². The summed E-state index contributed by atoms with van der Waals surface area (Å²) in [5.74, 6) is 0.629. The van der Waals surface area contributed by atoms with Gasteiger partial charge in [-0.05, 0) is 46.2 Å². The first-order chi connectivity index (χ1) is 7.69. The number of nitrogens with two attached hydrogens (primary N) is 1. The van der Waals surface area contributed by atoms with E-state index >= 15 is 0 Å². The van der Waals surface area contributed by atoms with E-state index in [0.717, 1.165) is 15.2 Å². The molecule has 0 fully saturated rings. The molecule has 0 bridgehead atoms. The third-order valence-electron chi connectivity index (χ3n) is 2.65. The van der Waals surface area contributed by atoms with Crippen LogP contribution in [-0.2, 0) is 0 Å². The Hall–Kier alpha value is 0.430. The van der Waals surface area contributed by atoms with E-state index in [1.54, 1.807) is 11.3 Å². The predicted octanol–water partition coefficient (Wildman–Crippen LogP) is 5.63. The Morgan fingerprint density at radius 2 is 2.06 bits per heavy atom. The molecule has 2 unspecified atom stereocenters. The molecule has 1 aromatic heterocycles. The van der Waals surface area contributed by atoms with Gasteiger partial charge in [0.25, 0.3) is 0 Å². The molecule has 0 saturated carbocycles. The summed E-state index contributed by atoms with van der Waals surface area (Å²) in [5.41, 5.74) is 6.60. The Morgan fingerprint density at radius 1 is 1.47 bits per heavy atom. The molecule has 98 valence electrons. The highest BCUT2D eigenvalue weighted by Crippen LogP contribution is 2.37. The Morgan fingerprint density at radius 3 is 2.47 bits per heavy atom. The van der Waals surface area contributed by atoms with Crippen LogP contribution in [0, 0.1) is 11.3 Å². The highest BCUT2D eigenvalue weighted by atomic mass is 79.9. The molecule has 2 N–H and O–H groups in total. The van der Waals surface area contributed by atoms with Gasteiger partial charge in [-0.15, -0.1) is 11.3 Å². The van der Waals surface area contributed by atoms with Gasteiger partial charge in [-0.25, -0.2) is 0 Å². The third kappa shape index (κ3) is 5.29. The summed E-state index contributed by atoms with van der Waals surface area (Å²) < 4.78 is 1.75. The van der Waals surface area contributed by atoms with Gasteiger partial charge >= 0.3 is 0 Å². The average molecular weight is 339 g/mol. The molecule has 1 rings (SSSR count). The van der Waals surface area contributed by atoms with Gasteiger partial charge in [-0.1, -0.05) is 39.3 Å². The van der Waals surface area contributed by atoms with Crippen LogP contribution in [0.4, 0.5) is 0 Å². The van der Waals surface area contributed by atoms with E-state index in [1.165, 1.54) is 11.3 Å². The van der Waals surface area contributed by atoms with Crippen LogP contribution >= 0.6 is 38.9 Å². The van der Waals surface area contributed by atoms with Crippen LogP contribution in [0.15, 0.2) is 10.5 Å². The molecule has 2 atom stereocenters. The highest BCUT2D eigenvalue weighted by Gasteiger charge is 2.19. The van der Waals surface area contributed by atoms with Gasteiger partial charge in [0.1, 0.15) is 4.34 Å². The Kier molecular flexibility index (Phi) is 5.51. The molecule has 1 nitrogen and oxygen atoms in total. The van der Waals surface area contributed by atoms with E-state index in [9.17, 15) is 0 Å². The summed E-state index contributed by atoms with van der Waals surface area (Å²) in [7, 11) is 0. The van der Waals surface area contributed by atoms with E-state index in [4.69, 9.17) is 17.3 Å². The fourth-order valence-electron chi connectivity index (χ4n) is 2.22. The molecule has 1 aromatic rings. The highest BCUT2D eigenvalue weighted by molar-refractivity contribution is 9.10. The molecule has 0 aliphatic carbocycles. The van der Waals surface area contributed by atoms with Gasteiger partial charge in [0.15, 0.2) is 0 Å². The number of hydrogen-bond acceptors (Lipinski definition) is 2. The van der Waals surface area contributed by atoms with Crippen molar-refractivity contribution in [3.63, 3.8) is 0 Å². The summed E-state index contributed by atoms with van der Waals surface area (Å²) in [6, 6.07) is 2.14. The van der Waals surface area contributed by atoms with Gasteiger partial charge in [-0.2, -0.15) is 0 Å². The lowest BCUT2D eigenvalue weighted by molar-refractivity contribution is 0.287. The van der Waals surface area contributed by atoms with Crippen LogP contribution < -0.4 is 5.73 Å². The first-order valence-electron chi connectivity index (χ1n) is 5.89. The zero-order valence-corrected chi connectivity index (χ0v) is 14.0. The van der Waals surface area contributed by atoms with Crippen LogP contribution in [0.2, 0.25) is 4.34 Å². The summed E-state index contributed by atoms with van der Waals surface area (Å²) >= 11 is 11.0. The molecule has 1 heterocycles. The second-order valence-corrected chi connectivity index (χ2v) is 8.52. The molecule has 0 aliphatic heterocycles. The zero-order valence-electron chi connectivity index (χ0n) is 10.9. The topological polar surface area (TPSA) is 26.0 Å². The summed E-state index contributed by atoms with van der Waals surface area (Å²) in [4.78, 5) is 1.17. The number of rotatable bonds is 4. The quantitative estimate of drug-likeness (QED) is 0.757. The molecule has 0 radical (unpaired) electrons. The lowest BCUT2D eigenvalue weighted by atomic mass is 9.83. The van der Waals surface area contributed by atoms with Crippen molar-refractivity contribution >= 4 is 38.9 Å². The molecule has 0 saturated heterocycles. The molecule has 0 aromatic carbocycles. The van der Waals surface area contributed by atoms with Gasteiger partial charge in [0.2, 0.25) is 0 Å². The second-order valence-electron chi connectivity index (χ2n) is 5.98. The monoisotopic (exact) mass is 337 g/mol. The van der Waals surface area contributed by atoms with E-state index in [0.29, 0.717) is 11.3 Å². The first-order valence-corrected chi connectivity index (χ1v) is 7.88. The van der Waals surface area contributed by atoms with Gasteiger partial charge in [-0.3, -0.25) is 0 Å². The average Bonchev–Trinajstić information content (AvgIpc) is 2.43. The smallest absolute Gasteiger partial charge is 0.107 e. The van der Waals surface area contributed by atoms with Gasteiger partial charge in [0.05, 0.1) is 0 Å². The minimum atomic E-state index is 0.0983. The normalized spacial score (nSPS) is 15.9. The van der Waals surface area contributed by atoms with Crippen molar-refractivity contribution in [1.29, 1.82) is 0 Å². The van der Waals surface area contributed by atoms with Crippen LogP contribution in [0.5, 0.6) is 0 Å². The largest absolute Gasteiger partial charge is 0.323 e. The zero-order chi connectivity index (χ0) is 13.2. The third-order valence-corrected chi connectivity index (χ3v) is 5.25. The van der Waals surface area contributed by atoms with Crippen molar-refractivity contribution < 1.29 is 0 Å². The molecular weight excluding hydrogens is 318 g/mol. The number of hydrogen-bond donors (Lipinski definition) is 1. The van der Waals surface area contributed by atoms with Crippen LogP contribution in [0.1, 0.15) is 51.5 Å². The summed E-state index contributed by atoms with van der Waals surface area (Å²) in [6.07, 6.45) is 2.21. The molecule has 17 heavy (non-hydrogen) atoms. The second kappa shape index (κ2) is 6.05. The van der Waals surface area contributed by atoms with Crippen molar-refractivity contribution in [1.82, 2.24) is 0 Å². The fourth-order valence-corrected chi connectivity index (χ4v) is 3.97. The summed E-state index contributed by atoms with van der Waals surface area (Å²) in [5, 5.41) is 0. The SMILES string of the molecule is CC(CC(N)c1cc(Br)c(Cl)s1)CC(C)(C)C. The Balaban J connectivity index is 2.57. The van der Waals surface area contributed by atoms with Crippen molar-refractivity contribution in [3.05, 3.63) is 19.8 Å². The van der Waals surface area contributed by atoms with Gasteiger partial charge < -0.3 is 5.73 Å². The molecule has 0 aliphatic rings. The minimum Gasteiger partial charge on any atom is -0.323 e. The first kappa shape index (κ1) is 15.5. The molecule has 0 spiro atoms. The van der Waals surface area contributed by atoms with Crippen LogP contribution in [0.25, 0.3) is 0 Å². The minimum absolute atomic E-state index is 0.0983. The van der Waals surface area contributed by atoms with E-state index in [2.05, 4.69) is 43.6 Å². The maximum Gasteiger partial charge on any atom is 0.107 e. The van der Waals surface area contributed by atoms with Crippen LogP contribution in [-0.4, -0.2) is 0 Å². The van der Waals surface area contributed by atoms with Crippen molar-refractivity contribution in [2.45, 2.75) is 46.6 Å².